The highest BCUT2D eigenvalue weighted by atomic mass is 32.2. The molecule has 1 aromatic rings. The summed E-state index contributed by atoms with van der Waals surface area (Å²) in [5, 5.41) is 4.73. The highest BCUT2D eigenvalue weighted by Crippen LogP contribution is 2.12. The molecular weight excluding hydrogens is 280 g/mol. The molecule has 110 valence electrons. The first-order valence-corrected chi connectivity index (χ1v) is 9.00. The number of thiophene rings is 1. The summed E-state index contributed by atoms with van der Waals surface area (Å²) in [4.78, 5) is 1.20. The molecule has 2 N–H and O–H groups in total. The van der Waals surface area contributed by atoms with E-state index in [2.05, 4.69) is 10.0 Å². The molecule has 4 nitrogen and oxygen atoms in total. The van der Waals surface area contributed by atoms with Crippen molar-refractivity contribution in [1.29, 1.82) is 0 Å². The number of hydrogen-bond acceptors (Lipinski definition) is 4. The first-order chi connectivity index (χ1) is 8.81. The first kappa shape index (κ1) is 16.6. The molecule has 0 aromatic carbocycles. The quantitative estimate of drug-likeness (QED) is 0.772. The van der Waals surface area contributed by atoms with Gasteiger partial charge in [0.25, 0.3) is 0 Å². The van der Waals surface area contributed by atoms with E-state index in [4.69, 9.17) is 0 Å². The Morgan fingerprint density at radius 1 is 1.26 bits per heavy atom. The predicted molar refractivity (Wildman–Crippen MR) is 82.1 cm³/mol. The molecule has 0 saturated heterocycles. The van der Waals surface area contributed by atoms with Gasteiger partial charge >= 0.3 is 0 Å². The Morgan fingerprint density at radius 2 is 1.95 bits per heavy atom. The second-order valence-corrected chi connectivity index (χ2v) is 8.38. The van der Waals surface area contributed by atoms with Crippen LogP contribution in [0.2, 0.25) is 0 Å². The van der Waals surface area contributed by atoms with Gasteiger partial charge in [-0.15, -0.1) is 11.3 Å². The molecule has 0 spiro atoms. The van der Waals surface area contributed by atoms with Gasteiger partial charge in [0.1, 0.15) is 0 Å². The monoisotopic (exact) mass is 304 g/mol. The zero-order valence-electron chi connectivity index (χ0n) is 12.0. The molecule has 0 radical (unpaired) electrons. The van der Waals surface area contributed by atoms with Crippen LogP contribution >= 0.6 is 11.3 Å². The zero-order valence-corrected chi connectivity index (χ0v) is 13.6. The number of nitrogens with one attached hydrogen (secondary N) is 2. The van der Waals surface area contributed by atoms with Crippen molar-refractivity contribution in [3.8, 4) is 0 Å². The van der Waals surface area contributed by atoms with Gasteiger partial charge in [-0.3, -0.25) is 0 Å². The fraction of sp³-hybridized carbons (Fsp3) is 0.692. The molecule has 19 heavy (non-hydrogen) atoms. The number of rotatable bonds is 8. The zero-order chi connectivity index (χ0) is 14.5. The molecule has 2 unspecified atom stereocenters. The average Bonchev–Trinajstić information content (AvgIpc) is 2.77. The SMILES string of the molecule is CC(C)NCC(C)S(=O)(=O)NC(C)Cc1cccs1. The number of hydrogen-bond donors (Lipinski definition) is 2. The second-order valence-electron chi connectivity index (χ2n) is 5.22. The third-order valence-electron chi connectivity index (χ3n) is 2.80. The summed E-state index contributed by atoms with van der Waals surface area (Å²) >= 11 is 1.65. The van der Waals surface area contributed by atoms with Gasteiger partial charge in [-0.2, -0.15) is 0 Å². The van der Waals surface area contributed by atoms with E-state index in [0.717, 1.165) is 6.42 Å². The van der Waals surface area contributed by atoms with E-state index in [-0.39, 0.29) is 6.04 Å². The Morgan fingerprint density at radius 3 is 2.47 bits per heavy atom. The Labute approximate surface area is 120 Å². The molecule has 0 fully saturated rings. The summed E-state index contributed by atoms with van der Waals surface area (Å²) < 4.78 is 27.0. The van der Waals surface area contributed by atoms with Gasteiger partial charge < -0.3 is 5.32 Å². The summed E-state index contributed by atoms with van der Waals surface area (Å²) in [6.45, 7) is 8.12. The van der Waals surface area contributed by atoms with Gasteiger partial charge in [0.2, 0.25) is 10.0 Å². The van der Waals surface area contributed by atoms with Crippen molar-refractivity contribution in [3.05, 3.63) is 22.4 Å². The third-order valence-corrected chi connectivity index (χ3v) is 5.65. The second kappa shape index (κ2) is 7.38. The molecule has 1 rings (SSSR count). The van der Waals surface area contributed by atoms with Gasteiger partial charge in [0.05, 0.1) is 5.25 Å². The predicted octanol–water partition coefficient (Wildman–Crippen LogP) is 1.98. The summed E-state index contributed by atoms with van der Waals surface area (Å²) in [6.07, 6.45) is 0.737. The van der Waals surface area contributed by atoms with Gasteiger partial charge in [-0.25, -0.2) is 13.1 Å². The van der Waals surface area contributed by atoms with Crippen LogP contribution in [0.5, 0.6) is 0 Å². The Balaban J connectivity index is 2.48. The number of sulfonamides is 1. The molecule has 0 aliphatic rings. The molecule has 0 aliphatic heterocycles. The van der Waals surface area contributed by atoms with Crippen LogP contribution in [-0.4, -0.2) is 32.3 Å². The molecule has 6 heteroatoms. The van der Waals surface area contributed by atoms with Crippen LogP contribution in [0.1, 0.15) is 32.6 Å². The summed E-state index contributed by atoms with van der Waals surface area (Å²) in [5.41, 5.74) is 0. The Hall–Kier alpha value is -0.430. The highest BCUT2D eigenvalue weighted by molar-refractivity contribution is 7.90. The van der Waals surface area contributed by atoms with Crippen molar-refractivity contribution in [2.45, 2.75) is 51.4 Å². The summed E-state index contributed by atoms with van der Waals surface area (Å²) in [6, 6.07) is 4.22. The van der Waals surface area contributed by atoms with Crippen molar-refractivity contribution in [2.75, 3.05) is 6.54 Å². The third kappa shape index (κ3) is 6.03. The van der Waals surface area contributed by atoms with Crippen LogP contribution in [-0.2, 0) is 16.4 Å². The largest absolute Gasteiger partial charge is 0.313 e. The van der Waals surface area contributed by atoms with Crippen molar-refractivity contribution >= 4 is 21.4 Å². The van der Waals surface area contributed by atoms with Crippen LogP contribution in [0.15, 0.2) is 17.5 Å². The molecule has 0 amide bonds. The van der Waals surface area contributed by atoms with E-state index in [9.17, 15) is 8.42 Å². The van der Waals surface area contributed by atoms with Crippen molar-refractivity contribution < 1.29 is 8.42 Å². The maximum absolute atomic E-state index is 12.1. The van der Waals surface area contributed by atoms with Crippen LogP contribution in [0.25, 0.3) is 0 Å². The molecule has 2 atom stereocenters. The molecule has 1 aromatic heterocycles. The van der Waals surface area contributed by atoms with Gasteiger partial charge in [0.15, 0.2) is 0 Å². The minimum Gasteiger partial charge on any atom is -0.313 e. The van der Waals surface area contributed by atoms with E-state index < -0.39 is 15.3 Å². The van der Waals surface area contributed by atoms with Gasteiger partial charge in [0, 0.05) is 23.5 Å². The molecule has 0 aliphatic carbocycles. The standard InChI is InChI=1S/C13H24N2O2S2/c1-10(2)14-9-12(4)19(16,17)15-11(3)8-13-6-5-7-18-13/h5-7,10-12,14-15H,8-9H2,1-4H3. The lowest BCUT2D eigenvalue weighted by molar-refractivity contribution is 0.528. The highest BCUT2D eigenvalue weighted by Gasteiger charge is 2.22. The minimum absolute atomic E-state index is 0.0786. The summed E-state index contributed by atoms with van der Waals surface area (Å²) in [5.74, 6) is 0. The smallest absolute Gasteiger partial charge is 0.215 e. The maximum atomic E-state index is 12.1. The van der Waals surface area contributed by atoms with Crippen LogP contribution in [0.3, 0.4) is 0 Å². The van der Waals surface area contributed by atoms with Crippen LogP contribution in [0, 0.1) is 0 Å². The molecule has 0 bridgehead atoms. The van der Waals surface area contributed by atoms with Crippen LogP contribution in [0.4, 0.5) is 0 Å². The van der Waals surface area contributed by atoms with Gasteiger partial charge in [-0.1, -0.05) is 19.9 Å². The average molecular weight is 304 g/mol. The van der Waals surface area contributed by atoms with E-state index in [0.29, 0.717) is 12.6 Å². The normalized spacial score (nSPS) is 15.6. The molecule has 1 heterocycles. The Bertz CT molecular complexity index is 455. The first-order valence-electron chi connectivity index (χ1n) is 6.58. The van der Waals surface area contributed by atoms with E-state index in [1.165, 1.54) is 4.88 Å². The van der Waals surface area contributed by atoms with E-state index in [1.54, 1.807) is 18.3 Å². The Kier molecular flexibility index (Phi) is 6.46. The van der Waals surface area contributed by atoms with Crippen molar-refractivity contribution in [3.63, 3.8) is 0 Å². The molecule has 0 saturated carbocycles. The fourth-order valence-electron chi connectivity index (χ4n) is 1.68. The van der Waals surface area contributed by atoms with Gasteiger partial charge in [-0.05, 0) is 31.7 Å². The van der Waals surface area contributed by atoms with Crippen LogP contribution < -0.4 is 10.0 Å². The summed E-state index contributed by atoms with van der Waals surface area (Å²) in [7, 11) is -3.27. The van der Waals surface area contributed by atoms with E-state index in [1.807, 2.05) is 38.3 Å². The fourth-order valence-corrected chi connectivity index (χ4v) is 3.71. The maximum Gasteiger partial charge on any atom is 0.215 e. The van der Waals surface area contributed by atoms with E-state index >= 15 is 0 Å². The minimum atomic E-state index is -3.27. The lowest BCUT2D eigenvalue weighted by atomic mass is 10.2. The lowest BCUT2D eigenvalue weighted by Gasteiger charge is -2.19. The van der Waals surface area contributed by atoms with Crippen molar-refractivity contribution in [2.24, 2.45) is 0 Å². The topological polar surface area (TPSA) is 58.2 Å². The molecular formula is C13H24N2O2S2. The lowest BCUT2D eigenvalue weighted by Crippen LogP contribution is -2.44. The van der Waals surface area contributed by atoms with Crippen molar-refractivity contribution in [1.82, 2.24) is 10.0 Å².